The van der Waals surface area contributed by atoms with Gasteiger partial charge in [0.05, 0.1) is 6.54 Å². The summed E-state index contributed by atoms with van der Waals surface area (Å²) in [6.45, 7) is 4.02. The fraction of sp³-hybridized carbons (Fsp3) is 0.333. The third kappa shape index (κ3) is 4.79. The molecule has 1 saturated heterocycles. The van der Waals surface area contributed by atoms with Crippen LogP contribution < -0.4 is 11.1 Å². The Balaban J connectivity index is 1.57. The number of hydrogen-bond donors (Lipinski definition) is 2. The second-order valence-corrected chi connectivity index (χ2v) is 5.84. The predicted molar refractivity (Wildman–Crippen MR) is 94.1 cm³/mol. The largest absolute Gasteiger partial charge is 0.370 e. The van der Waals surface area contributed by atoms with Crippen LogP contribution in [0.2, 0.25) is 0 Å². The van der Waals surface area contributed by atoms with Crippen LogP contribution in [0.3, 0.4) is 0 Å². The molecular formula is C18H23N5. The zero-order valence-corrected chi connectivity index (χ0v) is 13.3. The molecule has 0 saturated carbocycles. The number of aromatic nitrogens is 1. The zero-order chi connectivity index (χ0) is 15.9. The van der Waals surface area contributed by atoms with Crippen LogP contribution in [0.15, 0.2) is 53.7 Å². The Morgan fingerprint density at radius 3 is 2.74 bits per heavy atom. The van der Waals surface area contributed by atoms with Crippen molar-refractivity contribution in [3.05, 3.63) is 59.8 Å². The summed E-state index contributed by atoms with van der Waals surface area (Å²) in [6, 6.07) is 14.2. The van der Waals surface area contributed by atoms with Crippen molar-refractivity contribution in [3.8, 4) is 0 Å². The van der Waals surface area contributed by atoms with Crippen LogP contribution in [0.5, 0.6) is 0 Å². The van der Waals surface area contributed by atoms with Crippen molar-refractivity contribution in [1.29, 1.82) is 0 Å². The van der Waals surface area contributed by atoms with Crippen molar-refractivity contribution in [2.75, 3.05) is 18.4 Å². The summed E-state index contributed by atoms with van der Waals surface area (Å²) < 4.78 is 0. The number of guanidine groups is 1. The Labute approximate surface area is 137 Å². The van der Waals surface area contributed by atoms with Crippen LogP contribution in [0.4, 0.5) is 5.82 Å². The van der Waals surface area contributed by atoms with Gasteiger partial charge in [0.25, 0.3) is 0 Å². The number of nitrogens with one attached hydrogen (secondary N) is 1. The molecule has 1 aromatic heterocycles. The maximum absolute atomic E-state index is 5.91. The van der Waals surface area contributed by atoms with Crippen molar-refractivity contribution in [3.63, 3.8) is 0 Å². The van der Waals surface area contributed by atoms with E-state index in [2.05, 4.69) is 44.5 Å². The molecule has 1 aliphatic rings. The topological polar surface area (TPSA) is 66.5 Å². The van der Waals surface area contributed by atoms with E-state index >= 15 is 0 Å². The van der Waals surface area contributed by atoms with Gasteiger partial charge in [0, 0.05) is 12.7 Å². The van der Waals surface area contributed by atoms with Gasteiger partial charge in [-0.25, -0.2) is 9.98 Å². The van der Waals surface area contributed by atoms with Gasteiger partial charge in [0.15, 0.2) is 5.96 Å². The first kappa shape index (κ1) is 15.5. The van der Waals surface area contributed by atoms with Crippen LogP contribution in [-0.4, -0.2) is 28.9 Å². The van der Waals surface area contributed by atoms with Crippen LogP contribution in [-0.2, 0) is 13.1 Å². The quantitative estimate of drug-likeness (QED) is 0.658. The van der Waals surface area contributed by atoms with Crippen molar-refractivity contribution in [2.45, 2.75) is 25.9 Å². The minimum Gasteiger partial charge on any atom is -0.370 e. The fourth-order valence-corrected chi connectivity index (χ4v) is 2.81. The van der Waals surface area contributed by atoms with E-state index in [9.17, 15) is 0 Å². The standard InChI is InChI=1S/C18H23N5/c19-18(22-17-8-1-2-9-20-17)21-13-15-6-5-7-16(12-15)14-23-10-3-4-11-23/h1-2,5-9,12H,3-4,10-11,13-14H2,(H3,19,20,21,22). The molecule has 2 aromatic rings. The molecule has 120 valence electrons. The number of rotatable bonds is 5. The molecule has 2 heterocycles. The lowest BCUT2D eigenvalue weighted by molar-refractivity contribution is 0.331. The van der Waals surface area contributed by atoms with Crippen molar-refractivity contribution in [2.24, 2.45) is 10.7 Å². The average molecular weight is 309 g/mol. The number of benzene rings is 1. The molecular weight excluding hydrogens is 286 g/mol. The molecule has 5 nitrogen and oxygen atoms in total. The summed E-state index contributed by atoms with van der Waals surface area (Å²) in [5, 5.41) is 2.99. The molecule has 1 aromatic carbocycles. The first-order chi connectivity index (χ1) is 11.3. The van der Waals surface area contributed by atoms with E-state index in [1.807, 2.05) is 18.2 Å². The summed E-state index contributed by atoms with van der Waals surface area (Å²) in [6.07, 6.45) is 4.36. The molecule has 0 bridgehead atoms. The Hall–Kier alpha value is -2.40. The van der Waals surface area contributed by atoms with Crippen molar-refractivity contribution < 1.29 is 0 Å². The third-order valence-corrected chi connectivity index (χ3v) is 3.95. The maximum Gasteiger partial charge on any atom is 0.194 e. The Kier molecular flexibility index (Phi) is 5.21. The molecule has 0 amide bonds. The van der Waals surface area contributed by atoms with Crippen LogP contribution in [0.25, 0.3) is 0 Å². The van der Waals surface area contributed by atoms with Crippen LogP contribution in [0.1, 0.15) is 24.0 Å². The predicted octanol–water partition coefficient (Wildman–Crippen LogP) is 2.60. The Morgan fingerprint density at radius 1 is 1.13 bits per heavy atom. The minimum atomic E-state index is 0.383. The highest BCUT2D eigenvalue weighted by molar-refractivity contribution is 5.91. The molecule has 5 heteroatoms. The molecule has 1 fully saturated rings. The number of aliphatic imine (C=N–C) groups is 1. The molecule has 0 unspecified atom stereocenters. The number of pyridine rings is 1. The van der Waals surface area contributed by atoms with Crippen molar-refractivity contribution in [1.82, 2.24) is 9.88 Å². The summed E-state index contributed by atoms with van der Waals surface area (Å²) in [4.78, 5) is 11.1. The lowest BCUT2D eigenvalue weighted by Gasteiger charge is -2.14. The highest BCUT2D eigenvalue weighted by Gasteiger charge is 2.11. The first-order valence-electron chi connectivity index (χ1n) is 8.08. The van der Waals surface area contributed by atoms with E-state index in [1.165, 1.54) is 37.1 Å². The second-order valence-electron chi connectivity index (χ2n) is 5.84. The van der Waals surface area contributed by atoms with E-state index in [-0.39, 0.29) is 0 Å². The molecule has 0 radical (unpaired) electrons. The molecule has 3 rings (SSSR count). The Morgan fingerprint density at radius 2 is 1.96 bits per heavy atom. The first-order valence-corrected chi connectivity index (χ1v) is 8.08. The average Bonchev–Trinajstić information content (AvgIpc) is 3.07. The summed E-state index contributed by atoms with van der Waals surface area (Å²) in [7, 11) is 0. The third-order valence-electron chi connectivity index (χ3n) is 3.95. The van der Waals surface area contributed by atoms with E-state index in [0.29, 0.717) is 18.3 Å². The van der Waals surface area contributed by atoms with Gasteiger partial charge in [-0.05, 0) is 49.2 Å². The Bertz CT molecular complexity index is 647. The lowest BCUT2D eigenvalue weighted by atomic mass is 10.1. The SMILES string of the molecule is NC(=NCc1cccc(CN2CCCC2)c1)Nc1ccccn1. The number of likely N-dealkylation sites (tertiary alicyclic amines) is 1. The maximum atomic E-state index is 5.91. The molecule has 3 N–H and O–H groups in total. The van der Waals surface area contributed by atoms with E-state index in [0.717, 1.165) is 6.54 Å². The minimum absolute atomic E-state index is 0.383. The zero-order valence-electron chi connectivity index (χ0n) is 13.3. The van der Waals surface area contributed by atoms with E-state index in [1.54, 1.807) is 6.20 Å². The molecule has 1 aliphatic heterocycles. The van der Waals surface area contributed by atoms with Gasteiger partial charge in [-0.2, -0.15) is 0 Å². The molecule has 0 aliphatic carbocycles. The number of hydrogen-bond acceptors (Lipinski definition) is 3. The van der Waals surface area contributed by atoms with Gasteiger partial charge in [0.2, 0.25) is 0 Å². The van der Waals surface area contributed by atoms with E-state index in [4.69, 9.17) is 5.73 Å². The smallest absolute Gasteiger partial charge is 0.194 e. The monoisotopic (exact) mass is 309 g/mol. The van der Waals surface area contributed by atoms with Gasteiger partial charge >= 0.3 is 0 Å². The lowest BCUT2D eigenvalue weighted by Crippen LogP contribution is -2.23. The van der Waals surface area contributed by atoms with Crippen molar-refractivity contribution >= 4 is 11.8 Å². The van der Waals surface area contributed by atoms with Gasteiger partial charge in [-0.3, -0.25) is 4.90 Å². The van der Waals surface area contributed by atoms with Gasteiger partial charge < -0.3 is 11.1 Å². The van der Waals surface area contributed by atoms with Gasteiger partial charge in [0.1, 0.15) is 5.82 Å². The molecule has 0 spiro atoms. The summed E-state index contributed by atoms with van der Waals surface area (Å²) in [5.74, 6) is 1.09. The van der Waals surface area contributed by atoms with E-state index < -0.39 is 0 Å². The number of anilines is 1. The second kappa shape index (κ2) is 7.74. The fourth-order valence-electron chi connectivity index (χ4n) is 2.81. The van der Waals surface area contributed by atoms with Gasteiger partial charge in [-0.1, -0.05) is 30.3 Å². The highest BCUT2D eigenvalue weighted by Crippen LogP contribution is 2.14. The normalized spacial score (nSPS) is 15.7. The molecule has 0 atom stereocenters. The van der Waals surface area contributed by atoms with Gasteiger partial charge in [-0.15, -0.1) is 0 Å². The number of nitrogens with two attached hydrogens (primary N) is 1. The van der Waals surface area contributed by atoms with Crippen LogP contribution >= 0.6 is 0 Å². The van der Waals surface area contributed by atoms with Crippen LogP contribution in [0, 0.1) is 0 Å². The number of nitrogens with zero attached hydrogens (tertiary/aromatic N) is 3. The highest BCUT2D eigenvalue weighted by atomic mass is 15.1. The summed E-state index contributed by atoms with van der Waals surface area (Å²) >= 11 is 0. The molecule has 23 heavy (non-hydrogen) atoms. The summed E-state index contributed by atoms with van der Waals surface area (Å²) in [5.41, 5.74) is 8.43.